The first-order valence-electron chi connectivity index (χ1n) is 6.44. The molecule has 1 aromatic heterocycles. The molecule has 0 radical (unpaired) electrons. The highest BCUT2D eigenvalue weighted by Crippen LogP contribution is 2.25. The molecule has 0 saturated carbocycles. The Hall–Kier alpha value is -0.810. The Balaban J connectivity index is 2.22. The zero-order valence-corrected chi connectivity index (χ0v) is 12.1. The van der Waals surface area contributed by atoms with Crippen LogP contribution in [0.15, 0.2) is 6.07 Å². The fourth-order valence-corrected chi connectivity index (χ4v) is 2.79. The molecule has 0 amide bonds. The van der Waals surface area contributed by atoms with E-state index in [4.69, 9.17) is 4.74 Å². The van der Waals surface area contributed by atoms with E-state index in [1.165, 1.54) is 0 Å². The predicted octanol–water partition coefficient (Wildman–Crippen LogP) is 2.52. The quantitative estimate of drug-likeness (QED) is 0.908. The number of hydrogen-bond acceptors (Lipinski definition) is 5. The lowest BCUT2D eigenvalue weighted by Gasteiger charge is -2.22. The minimum atomic E-state index is 0.0444. The number of nitrogens with one attached hydrogen (secondary N) is 1. The molecular weight excluding hydrogens is 246 g/mol. The molecule has 4 nitrogen and oxygen atoms in total. The lowest BCUT2D eigenvalue weighted by Crippen LogP contribution is -2.19. The summed E-state index contributed by atoms with van der Waals surface area (Å²) in [5.74, 6) is 4.33. The number of aromatic nitrogens is 2. The van der Waals surface area contributed by atoms with Gasteiger partial charge in [-0.1, -0.05) is 13.8 Å². The summed E-state index contributed by atoms with van der Waals surface area (Å²) in [6.07, 6.45) is 1.02. The summed E-state index contributed by atoms with van der Waals surface area (Å²) in [5, 5.41) is 3.11. The van der Waals surface area contributed by atoms with Crippen LogP contribution in [0.5, 0.6) is 0 Å². The zero-order valence-electron chi connectivity index (χ0n) is 11.3. The van der Waals surface area contributed by atoms with Gasteiger partial charge in [0.05, 0.1) is 6.61 Å². The maximum Gasteiger partial charge on any atom is 0.160 e. The molecule has 1 aliphatic rings. The van der Waals surface area contributed by atoms with E-state index in [0.29, 0.717) is 5.92 Å². The maximum absolute atomic E-state index is 5.75. The zero-order chi connectivity index (χ0) is 13.0. The number of nitrogens with zero attached hydrogens (tertiary/aromatic N) is 2. The molecule has 0 aromatic carbocycles. The van der Waals surface area contributed by atoms with Crippen molar-refractivity contribution in [3.63, 3.8) is 0 Å². The highest BCUT2D eigenvalue weighted by atomic mass is 32.2. The van der Waals surface area contributed by atoms with Crippen LogP contribution in [0.1, 0.15) is 31.5 Å². The first-order valence-corrected chi connectivity index (χ1v) is 7.59. The maximum atomic E-state index is 5.75. The van der Waals surface area contributed by atoms with Gasteiger partial charge in [-0.25, -0.2) is 9.97 Å². The van der Waals surface area contributed by atoms with Crippen LogP contribution < -0.4 is 5.32 Å². The molecule has 0 bridgehead atoms. The third-order valence-corrected chi connectivity index (χ3v) is 3.77. The molecule has 18 heavy (non-hydrogen) atoms. The van der Waals surface area contributed by atoms with E-state index < -0.39 is 0 Å². The normalized spacial score (nSPS) is 20.1. The summed E-state index contributed by atoms with van der Waals surface area (Å²) in [4.78, 5) is 9.18. The van der Waals surface area contributed by atoms with E-state index in [9.17, 15) is 0 Å². The molecule has 1 atom stereocenters. The van der Waals surface area contributed by atoms with Gasteiger partial charge in [0.25, 0.3) is 0 Å². The Morgan fingerprint density at radius 1 is 1.50 bits per heavy atom. The van der Waals surface area contributed by atoms with E-state index in [2.05, 4.69) is 29.1 Å². The summed E-state index contributed by atoms with van der Waals surface area (Å²) < 4.78 is 5.75. The monoisotopic (exact) mass is 267 g/mol. The Bertz CT molecular complexity index is 392. The van der Waals surface area contributed by atoms with Crippen molar-refractivity contribution in [3.05, 3.63) is 17.6 Å². The van der Waals surface area contributed by atoms with Gasteiger partial charge in [0.1, 0.15) is 11.9 Å². The molecule has 1 unspecified atom stereocenters. The third kappa shape index (κ3) is 3.59. The SMILES string of the molecule is CNc1cc(CC(C)C)nc(C2CSCCO2)n1. The van der Waals surface area contributed by atoms with Crippen molar-refractivity contribution in [1.29, 1.82) is 0 Å². The summed E-state index contributed by atoms with van der Waals surface area (Å²) in [5.41, 5.74) is 1.10. The second-order valence-electron chi connectivity index (χ2n) is 4.89. The minimum absolute atomic E-state index is 0.0444. The van der Waals surface area contributed by atoms with Crippen LogP contribution in [0.2, 0.25) is 0 Å². The van der Waals surface area contributed by atoms with Crippen LogP contribution >= 0.6 is 11.8 Å². The van der Waals surface area contributed by atoms with Crippen molar-refractivity contribution in [2.45, 2.75) is 26.4 Å². The van der Waals surface area contributed by atoms with Gasteiger partial charge >= 0.3 is 0 Å². The van der Waals surface area contributed by atoms with E-state index in [1.54, 1.807) is 0 Å². The Kier molecular flexibility index (Phi) is 4.83. The van der Waals surface area contributed by atoms with Crippen LogP contribution in [0.3, 0.4) is 0 Å². The predicted molar refractivity (Wildman–Crippen MR) is 76.1 cm³/mol. The summed E-state index contributed by atoms with van der Waals surface area (Å²) in [6.45, 7) is 5.20. The molecule has 0 spiro atoms. The molecule has 1 aliphatic heterocycles. The number of hydrogen-bond donors (Lipinski definition) is 1. The van der Waals surface area contributed by atoms with E-state index >= 15 is 0 Å². The molecule has 5 heteroatoms. The first kappa shape index (κ1) is 13.6. The third-order valence-electron chi connectivity index (χ3n) is 2.77. The van der Waals surface area contributed by atoms with Crippen LogP contribution in [0.4, 0.5) is 5.82 Å². The van der Waals surface area contributed by atoms with Crippen molar-refractivity contribution < 1.29 is 4.74 Å². The molecule has 1 fully saturated rings. The molecular formula is C13H21N3OS. The number of anilines is 1. The van der Waals surface area contributed by atoms with Gasteiger partial charge in [0.2, 0.25) is 0 Å². The molecule has 1 aromatic rings. The fraction of sp³-hybridized carbons (Fsp3) is 0.692. The van der Waals surface area contributed by atoms with Crippen molar-refractivity contribution in [2.24, 2.45) is 5.92 Å². The average molecular weight is 267 g/mol. The van der Waals surface area contributed by atoms with Crippen LogP contribution in [-0.2, 0) is 11.2 Å². The van der Waals surface area contributed by atoms with Gasteiger partial charge in [0, 0.05) is 30.3 Å². The largest absolute Gasteiger partial charge is 0.373 e. The van der Waals surface area contributed by atoms with Gasteiger partial charge in [-0.2, -0.15) is 11.8 Å². The van der Waals surface area contributed by atoms with Crippen LogP contribution in [0, 0.1) is 5.92 Å². The highest BCUT2D eigenvalue weighted by molar-refractivity contribution is 7.99. The Labute approximate surface area is 113 Å². The van der Waals surface area contributed by atoms with Gasteiger partial charge in [0.15, 0.2) is 5.82 Å². The fourth-order valence-electron chi connectivity index (χ4n) is 1.95. The van der Waals surface area contributed by atoms with Gasteiger partial charge in [-0.05, 0) is 12.3 Å². The average Bonchev–Trinajstić information content (AvgIpc) is 2.38. The smallest absolute Gasteiger partial charge is 0.160 e. The lowest BCUT2D eigenvalue weighted by atomic mass is 10.1. The van der Waals surface area contributed by atoms with Crippen molar-refractivity contribution in [1.82, 2.24) is 9.97 Å². The molecule has 1 saturated heterocycles. The summed E-state index contributed by atoms with van der Waals surface area (Å²) in [6, 6.07) is 2.03. The second-order valence-corrected chi connectivity index (χ2v) is 6.03. The molecule has 100 valence electrons. The van der Waals surface area contributed by atoms with Crippen molar-refractivity contribution in [3.8, 4) is 0 Å². The lowest BCUT2D eigenvalue weighted by molar-refractivity contribution is 0.0693. The van der Waals surface area contributed by atoms with E-state index in [-0.39, 0.29) is 6.10 Å². The minimum Gasteiger partial charge on any atom is -0.373 e. The van der Waals surface area contributed by atoms with Gasteiger partial charge in [-0.15, -0.1) is 0 Å². The summed E-state index contributed by atoms with van der Waals surface area (Å²) in [7, 11) is 1.89. The Morgan fingerprint density at radius 2 is 2.33 bits per heavy atom. The van der Waals surface area contributed by atoms with E-state index in [1.807, 2.05) is 24.9 Å². The standard InChI is InChI=1S/C13H21N3OS/c1-9(2)6-10-7-12(14-3)16-13(15-10)11-8-18-5-4-17-11/h7,9,11H,4-6,8H2,1-3H3,(H,14,15,16). The van der Waals surface area contributed by atoms with Crippen molar-refractivity contribution >= 4 is 17.6 Å². The van der Waals surface area contributed by atoms with Crippen LogP contribution in [-0.4, -0.2) is 35.1 Å². The number of thioether (sulfide) groups is 1. The molecule has 1 N–H and O–H groups in total. The van der Waals surface area contributed by atoms with Gasteiger partial charge in [-0.3, -0.25) is 0 Å². The van der Waals surface area contributed by atoms with Gasteiger partial charge < -0.3 is 10.1 Å². The Morgan fingerprint density at radius 3 is 2.94 bits per heavy atom. The van der Waals surface area contributed by atoms with Crippen molar-refractivity contribution in [2.75, 3.05) is 30.5 Å². The molecule has 0 aliphatic carbocycles. The number of ether oxygens (including phenoxy) is 1. The molecule has 2 rings (SSSR count). The summed E-state index contributed by atoms with van der Waals surface area (Å²) >= 11 is 1.91. The van der Waals surface area contributed by atoms with Crippen LogP contribution in [0.25, 0.3) is 0 Å². The first-order chi connectivity index (χ1) is 8.69. The van der Waals surface area contributed by atoms with E-state index in [0.717, 1.165) is 41.9 Å². The topological polar surface area (TPSA) is 47.0 Å². The second kappa shape index (κ2) is 6.38. The molecule has 2 heterocycles. The number of rotatable bonds is 4. The highest BCUT2D eigenvalue weighted by Gasteiger charge is 2.20.